The van der Waals surface area contributed by atoms with Crippen LogP contribution in [0.25, 0.3) is 33.1 Å². The van der Waals surface area contributed by atoms with Gasteiger partial charge in [-0.1, -0.05) is 6.07 Å². The molecule has 0 radical (unpaired) electrons. The number of nitrogens with one attached hydrogen (secondary N) is 2. The van der Waals surface area contributed by atoms with Crippen LogP contribution in [0, 0.1) is 11.6 Å². The zero-order chi connectivity index (χ0) is 21.4. The molecule has 154 valence electrons. The molecule has 30 heavy (non-hydrogen) atoms. The largest absolute Gasteiger partial charge is 0.465 e. The topological polar surface area (TPSA) is 124 Å². The lowest BCUT2D eigenvalue weighted by Crippen LogP contribution is -2.33. The predicted molar refractivity (Wildman–Crippen MR) is 105 cm³/mol. The number of ether oxygens (including phenoxy) is 1. The lowest BCUT2D eigenvalue weighted by atomic mass is 10.0. The molecule has 0 aliphatic heterocycles. The minimum atomic E-state index is -1.20. The van der Waals surface area contributed by atoms with Gasteiger partial charge in [0.05, 0.1) is 35.3 Å². The number of imidazole rings is 1. The number of benzene rings is 2. The van der Waals surface area contributed by atoms with Gasteiger partial charge in [-0.25, -0.2) is 28.6 Å². The highest BCUT2D eigenvalue weighted by molar-refractivity contribution is 5.96. The summed E-state index contributed by atoms with van der Waals surface area (Å²) in [5, 5.41) is 15.8. The summed E-state index contributed by atoms with van der Waals surface area (Å²) in [6.07, 6.45) is -1.20. The second-order valence-electron chi connectivity index (χ2n) is 6.43. The lowest BCUT2D eigenvalue weighted by molar-refractivity contribution is 0.186. The van der Waals surface area contributed by atoms with E-state index in [1.54, 1.807) is 18.2 Å². The molecule has 0 aliphatic carbocycles. The van der Waals surface area contributed by atoms with E-state index in [1.165, 1.54) is 7.11 Å². The fourth-order valence-corrected chi connectivity index (χ4v) is 3.12. The average Bonchev–Trinajstić information content (AvgIpc) is 3.12. The first kappa shape index (κ1) is 19.5. The third-order valence-electron chi connectivity index (χ3n) is 4.58. The summed E-state index contributed by atoms with van der Waals surface area (Å²) in [4.78, 5) is 31.7. The number of aromatic amines is 2. The fraction of sp³-hybridized carbons (Fsp3) is 0.158. The van der Waals surface area contributed by atoms with Crippen molar-refractivity contribution < 1.29 is 23.4 Å². The molecular weight excluding hydrogens is 400 g/mol. The highest BCUT2D eigenvalue weighted by atomic mass is 19.2. The standard InChI is InChI=1S/C19H15F2N5O4/c1-30-5-4-26(19(28)29)18-22-14-3-2-9(6-15(14)23-18)16-10-7-12(20)13(21)8-11(10)17(27)25-24-16/h2-3,6-8H,4-5H2,1H3,(H,22,23)(H,25,27)(H,28,29). The van der Waals surface area contributed by atoms with E-state index in [0.717, 1.165) is 17.0 Å². The smallest absolute Gasteiger partial charge is 0.414 e. The first-order chi connectivity index (χ1) is 14.4. The number of halogens is 2. The number of nitrogens with zero attached hydrogens (tertiary/aromatic N) is 3. The number of carboxylic acid groups (broad SMARTS) is 1. The molecule has 0 bridgehead atoms. The van der Waals surface area contributed by atoms with E-state index in [-0.39, 0.29) is 35.6 Å². The van der Waals surface area contributed by atoms with E-state index in [2.05, 4.69) is 20.2 Å². The van der Waals surface area contributed by atoms with Crippen LogP contribution in [0.2, 0.25) is 0 Å². The van der Waals surface area contributed by atoms with Gasteiger partial charge in [-0.15, -0.1) is 0 Å². The second-order valence-corrected chi connectivity index (χ2v) is 6.43. The maximum Gasteiger partial charge on any atom is 0.414 e. The molecule has 2 aromatic heterocycles. The van der Waals surface area contributed by atoms with Gasteiger partial charge >= 0.3 is 6.09 Å². The minimum absolute atomic E-state index is 0.0408. The molecule has 0 fully saturated rings. The Morgan fingerprint density at radius 2 is 1.93 bits per heavy atom. The van der Waals surface area contributed by atoms with Crippen LogP contribution in [0.3, 0.4) is 0 Å². The molecule has 0 saturated carbocycles. The number of amides is 1. The number of hydrogen-bond acceptors (Lipinski definition) is 5. The molecule has 1 amide bonds. The number of rotatable bonds is 5. The molecule has 0 saturated heterocycles. The molecule has 11 heteroatoms. The van der Waals surface area contributed by atoms with Gasteiger partial charge in [-0.05, 0) is 24.3 Å². The van der Waals surface area contributed by atoms with Gasteiger partial charge in [-0.2, -0.15) is 5.10 Å². The van der Waals surface area contributed by atoms with Gasteiger partial charge in [-0.3, -0.25) is 4.79 Å². The summed E-state index contributed by atoms with van der Waals surface area (Å²) in [5.41, 5.74) is 1.06. The van der Waals surface area contributed by atoms with Crippen molar-refractivity contribution in [3.05, 3.63) is 52.3 Å². The first-order valence-electron chi connectivity index (χ1n) is 8.76. The average molecular weight is 415 g/mol. The quantitative estimate of drug-likeness (QED) is 0.460. The summed E-state index contributed by atoms with van der Waals surface area (Å²) in [6.45, 7) is 0.263. The van der Waals surface area contributed by atoms with Gasteiger partial charge in [0.2, 0.25) is 5.95 Å². The number of fused-ring (bicyclic) bond motifs is 2. The molecule has 0 unspecified atom stereocenters. The molecule has 0 spiro atoms. The van der Waals surface area contributed by atoms with Gasteiger partial charge < -0.3 is 14.8 Å². The molecule has 4 rings (SSSR count). The van der Waals surface area contributed by atoms with E-state index in [4.69, 9.17) is 4.74 Å². The summed E-state index contributed by atoms with van der Waals surface area (Å²) in [7, 11) is 1.46. The fourth-order valence-electron chi connectivity index (χ4n) is 3.12. The number of aromatic nitrogens is 4. The van der Waals surface area contributed by atoms with Crippen molar-refractivity contribution in [1.82, 2.24) is 20.2 Å². The number of hydrogen-bond donors (Lipinski definition) is 3. The Balaban J connectivity index is 1.83. The molecule has 2 aromatic carbocycles. The van der Waals surface area contributed by atoms with Crippen molar-refractivity contribution in [2.45, 2.75) is 0 Å². The summed E-state index contributed by atoms with van der Waals surface area (Å²) < 4.78 is 32.3. The minimum Gasteiger partial charge on any atom is -0.465 e. The van der Waals surface area contributed by atoms with E-state index < -0.39 is 23.3 Å². The molecule has 3 N–H and O–H groups in total. The van der Waals surface area contributed by atoms with Crippen LogP contribution in [0.1, 0.15) is 0 Å². The highest BCUT2D eigenvalue weighted by Crippen LogP contribution is 2.29. The van der Waals surface area contributed by atoms with Crippen molar-refractivity contribution in [2.75, 3.05) is 25.2 Å². The summed E-state index contributed by atoms with van der Waals surface area (Å²) in [5.74, 6) is -2.13. The zero-order valence-corrected chi connectivity index (χ0v) is 15.6. The van der Waals surface area contributed by atoms with Crippen molar-refractivity contribution in [3.8, 4) is 11.3 Å². The monoisotopic (exact) mass is 415 g/mol. The van der Waals surface area contributed by atoms with E-state index in [0.29, 0.717) is 16.6 Å². The molecule has 0 atom stereocenters. The van der Waals surface area contributed by atoms with Crippen molar-refractivity contribution in [3.63, 3.8) is 0 Å². The Morgan fingerprint density at radius 1 is 1.20 bits per heavy atom. The number of carbonyl (C=O) groups is 1. The maximum absolute atomic E-state index is 13.8. The highest BCUT2D eigenvalue weighted by Gasteiger charge is 2.19. The SMILES string of the molecule is COCCN(C(=O)O)c1nc2ccc(-c3n[nH]c(=O)c4cc(F)c(F)cc34)cc2[nH]1. The van der Waals surface area contributed by atoms with E-state index in [9.17, 15) is 23.5 Å². The maximum atomic E-state index is 13.8. The summed E-state index contributed by atoms with van der Waals surface area (Å²) in [6, 6.07) is 6.63. The van der Waals surface area contributed by atoms with Crippen LogP contribution in [-0.4, -0.2) is 51.6 Å². The zero-order valence-electron chi connectivity index (χ0n) is 15.6. The van der Waals surface area contributed by atoms with Gasteiger partial charge in [0.1, 0.15) is 0 Å². The molecule has 4 aromatic rings. The predicted octanol–water partition coefficient (Wildman–Crippen LogP) is 2.88. The van der Waals surface area contributed by atoms with Crippen LogP contribution < -0.4 is 10.5 Å². The lowest BCUT2D eigenvalue weighted by Gasteiger charge is -2.14. The Hall–Kier alpha value is -3.86. The van der Waals surface area contributed by atoms with Crippen molar-refractivity contribution >= 4 is 33.8 Å². The van der Waals surface area contributed by atoms with Gasteiger partial charge in [0.15, 0.2) is 11.6 Å². The third-order valence-corrected chi connectivity index (χ3v) is 4.58. The van der Waals surface area contributed by atoms with Crippen LogP contribution in [0.4, 0.5) is 19.5 Å². The molecular formula is C19H15F2N5O4. The van der Waals surface area contributed by atoms with Crippen molar-refractivity contribution in [2.24, 2.45) is 0 Å². The Morgan fingerprint density at radius 3 is 2.63 bits per heavy atom. The Bertz CT molecular complexity index is 1330. The van der Waals surface area contributed by atoms with Crippen LogP contribution in [0.15, 0.2) is 35.1 Å². The number of methoxy groups -OCH3 is 1. The van der Waals surface area contributed by atoms with Gasteiger partial charge in [0, 0.05) is 18.1 Å². The summed E-state index contributed by atoms with van der Waals surface area (Å²) >= 11 is 0. The second kappa shape index (κ2) is 7.52. The van der Waals surface area contributed by atoms with Crippen LogP contribution in [-0.2, 0) is 4.74 Å². The molecule has 9 nitrogen and oxygen atoms in total. The van der Waals surface area contributed by atoms with E-state index in [1.807, 2.05) is 0 Å². The number of H-pyrrole nitrogens is 2. The van der Waals surface area contributed by atoms with Crippen LogP contribution >= 0.6 is 0 Å². The van der Waals surface area contributed by atoms with Gasteiger partial charge in [0.25, 0.3) is 5.56 Å². The third kappa shape index (κ3) is 3.35. The normalized spacial score (nSPS) is 11.3. The van der Waals surface area contributed by atoms with Crippen molar-refractivity contribution in [1.29, 1.82) is 0 Å². The number of anilines is 1. The molecule has 0 aliphatic rings. The Labute approximate surface area is 166 Å². The van der Waals surface area contributed by atoms with Crippen LogP contribution in [0.5, 0.6) is 0 Å². The Kier molecular flexibility index (Phi) is 4.88. The van der Waals surface area contributed by atoms with E-state index >= 15 is 0 Å². The first-order valence-corrected chi connectivity index (χ1v) is 8.76. The molecule has 2 heterocycles.